The lowest BCUT2D eigenvalue weighted by atomic mass is 9.79. The van der Waals surface area contributed by atoms with Crippen molar-refractivity contribution in [3.05, 3.63) is 58.1 Å². The number of nitrogens with one attached hydrogen (secondary N) is 3. The van der Waals surface area contributed by atoms with E-state index in [0.717, 1.165) is 56.1 Å². The van der Waals surface area contributed by atoms with Crippen LogP contribution in [-0.2, 0) is 28.5 Å². The van der Waals surface area contributed by atoms with Crippen molar-refractivity contribution < 1.29 is 32.3 Å². The number of benzene rings is 2. The topological polar surface area (TPSA) is 106 Å². The molecular weight excluding hydrogens is 673 g/mol. The van der Waals surface area contributed by atoms with Crippen molar-refractivity contribution in [3.63, 3.8) is 0 Å². The minimum Gasteiger partial charge on any atom is -0.436 e. The zero-order valence-corrected chi connectivity index (χ0v) is 29.1. The van der Waals surface area contributed by atoms with Crippen LogP contribution < -0.4 is 16.0 Å². The van der Waals surface area contributed by atoms with Crippen LogP contribution in [-0.4, -0.2) is 97.7 Å². The van der Waals surface area contributed by atoms with Crippen molar-refractivity contribution in [1.29, 1.82) is 0 Å². The molecule has 272 valence electrons. The lowest BCUT2D eigenvalue weighted by molar-refractivity contribution is -0.142. The Hall–Kier alpha value is -3.71. The Morgan fingerprint density at radius 1 is 0.960 bits per heavy atom. The number of alkyl halides is 3. The van der Waals surface area contributed by atoms with Crippen molar-refractivity contribution in [2.24, 2.45) is 11.8 Å². The standard InChI is InChI=1S/C36H46ClF3N6O4/c1-41-32-28(36(38,39)40)20-23(21-29(32)37)22-31(33(47)44-15-8-25(9-16-44)24-6-13-42-14-7-24)50-35(49)45-17-11-27(12-18-45)46-19-10-26-4-2-3-5-30(26)43-34(46)48/h2-5,20-21,24-25,27,31,41-42H,6-19,22H2,1H3,(H,43,48)/t31-/m1/s1. The molecule has 14 heteroatoms. The molecule has 4 amide bonds. The molecule has 0 unspecified atom stereocenters. The van der Waals surface area contributed by atoms with Crippen LogP contribution in [0.1, 0.15) is 55.2 Å². The second-order valence-electron chi connectivity index (χ2n) is 13.8. The number of carbonyl (C=O) groups excluding carboxylic acids is 3. The average Bonchev–Trinajstić information content (AvgIpc) is 3.29. The molecule has 0 bridgehead atoms. The molecule has 4 aliphatic heterocycles. The molecule has 6 rings (SSSR count). The van der Waals surface area contributed by atoms with Crippen molar-refractivity contribution >= 4 is 41.0 Å². The lowest BCUT2D eigenvalue weighted by Crippen LogP contribution is -2.52. The van der Waals surface area contributed by atoms with E-state index in [0.29, 0.717) is 63.8 Å². The SMILES string of the molecule is CNc1c(Cl)cc(C[C@@H](OC(=O)N2CCC(N3CCc4ccccc4NC3=O)CC2)C(=O)N2CCC(C3CCNCC3)CC2)cc1C(F)(F)F. The normalized spacial score (nSPS) is 20.5. The fraction of sp³-hybridized carbons (Fsp3) is 0.583. The number of urea groups is 1. The molecule has 10 nitrogen and oxygen atoms in total. The van der Waals surface area contributed by atoms with Crippen LogP contribution in [0.15, 0.2) is 36.4 Å². The molecule has 0 saturated carbocycles. The number of carbonyl (C=O) groups is 3. The van der Waals surface area contributed by atoms with Crippen molar-refractivity contribution in [2.75, 3.05) is 63.5 Å². The number of fused-ring (bicyclic) bond motifs is 1. The number of halogens is 4. The summed E-state index contributed by atoms with van der Waals surface area (Å²) in [4.78, 5) is 45.7. The number of ether oxygens (including phenoxy) is 1. The minimum absolute atomic E-state index is 0.0827. The summed E-state index contributed by atoms with van der Waals surface area (Å²) < 4.78 is 47.9. The Bertz CT molecular complexity index is 1540. The van der Waals surface area contributed by atoms with Gasteiger partial charge in [0.15, 0.2) is 6.10 Å². The molecule has 4 aliphatic rings. The van der Waals surface area contributed by atoms with Crippen LogP contribution in [0.3, 0.4) is 0 Å². The number of rotatable bonds is 7. The van der Waals surface area contributed by atoms with Gasteiger partial charge in [0.25, 0.3) is 5.91 Å². The molecular formula is C36H46ClF3N6O4. The van der Waals surface area contributed by atoms with Gasteiger partial charge in [-0.3, -0.25) is 4.79 Å². The van der Waals surface area contributed by atoms with Gasteiger partial charge in [0.1, 0.15) is 0 Å². The van der Waals surface area contributed by atoms with Gasteiger partial charge in [0, 0.05) is 57.9 Å². The average molecular weight is 719 g/mol. The third kappa shape index (κ3) is 8.25. The zero-order valence-electron chi connectivity index (χ0n) is 28.4. The Balaban J connectivity index is 1.13. The van der Waals surface area contributed by atoms with Gasteiger partial charge in [0.05, 0.1) is 16.3 Å². The van der Waals surface area contributed by atoms with Crippen LogP contribution in [0.4, 0.5) is 34.1 Å². The highest BCUT2D eigenvalue weighted by Gasteiger charge is 2.38. The van der Waals surface area contributed by atoms with Crippen molar-refractivity contribution in [2.45, 2.75) is 69.7 Å². The lowest BCUT2D eigenvalue weighted by Gasteiger charge is -2.39. The molecule has 1 atom stereocenters. The Kier molecular flexibility index (Phi) is 11.3. The fourth-order valence-electron chi connectivity index (χ4n) is 8.06. The van der Waals surface area contributed by atoms with Gasteiger partial charge in [-0.15, -0.1) is 0 Å². The summed E-state index contributed by atoms with van der Waals surface area (Å²) in [7, 11) is 1.36. The summed E-state index contributed by atoms with van der Waals surface area (Å²) in [6.07, 6.45) is -1.33. The van der Waals surface area contributed by atoms with E-state index in [1.165, 1.54) is 18.0 Å². The Labute approximate surface area is 296 Å². The number of amides is 4. The molecule has 3 saturated heterocycles. The molecule has 0 radical (unpaired) electrons. The number of hydrogen-bond acceptors (Lipinski definition) is 6. The number of anilines is 2. The monoisotopic (exact) mass is 718 g/mol. The molecule has 3 fully saturated rings. The third-order valence-electron chi connectivity index (χ3n) is 10.9. The minimum atomic E-state index is -4.69. The molecule has 50 heavy (non-hydrogen) atoms. The Morgan fingerprint density at radius 2 is 1.62 bits per heavy atom. The van der Waals surface area contributed by atoms with Gasteiger partial charge in [-0.25, -0.2) is 9.59 Å². The summed E-state index contributed by atoms with van der Waals surface area (Å²) in [5.41, 5.74) is 0.804. The van der Waals surface area contributed by atoms with E-state index in [1.54, 1.807) is 4.90 Å². The quantitative estimate of drug-likeness (QED) is 0.313. The first-order chi connectivity index (χ1) is 24.0. The van der Waals surface area contributed by atoms with Gasteiger partial charge in [-0.2, -0.15) is 13.2 Å². The van der Waals surface area contributed by atoms with Gasteiger partial charge in [-0.05, 0) is 99.2 Å². The maximum absolute atomic E-state index is 14.0. The summed E-state index contributed by atoms with van der Waals surface area (Å²) in [6.45, 7) is 4.16. The van der Waals surface area contributed by atoms with Crippen LogP contribution in [0.5, 0.6) is 0 Å². The van der Waals surface area contributed by atoms with Crippen molar-refractivity contribution in [3.8, 4) is 0 Å². The molecule has 2 aromatic carbocycles. The number of hydrogen-bond donors (Lipinski definition) is 3. The molecule has 0 spiro atoms. The predicted molar refractivity (Wildman–Crippen MR) is 185 cm³/mol. The maximum Gasteiger partial charge on any atom is 0.418 e. The summed E-state index contributed by atoms with van der Waals surface area (Å²) >= 11 is 6.28. The van der Waals surface area contributed by atoms with Crippen LogP contribution >= 0.6 is 11.6 Å². The highest BCUT2D eigenvalue weighted by Crippen LogP contribution is 2.40. The van der Waals surface area contributed by atoms with E-state index in [2.05, 4.69) is 16.0 Å². The summed E-state index contributed by atoms with van der Waals surface area (Å²) in [5.74, 6) is 0.695. The van der Waals surface area contributed by atoms with Gasteiger partial charge < -0.3 is 35.4 Å². The smallest absolute Gasteiger partial charge is 0.418 e. The van der Waals surface area contributed by atoms with E-state index in [9.17, 15) is 27.6 Å². The Morgan fingerprint density at radius 3 is 2.30 bits per heavy atom. The molecule has 3 N–H and O–H groups in total. The highest BCUT2D eigenvalue weighted by molar-refractivity contribution is 6.33. The first-order valence-electron chi connectivity index (χ1n) is 17.7. The van der Waals surface area contributed by atoms with Gasteiger partial charge >= 0.3 is 18.3 Å². The second kappa shape index (κ2) is 15.7. The number of piperidine rings is 3. The molecule has 2 aromatic rings. The largest absolute Gasteiger partial charge is 0.436 e. The number of para-hydroxylation sites is 1. The zero-order chi connectivity index (χ0) is 35.4. The molecule has 0 aromatic heterocycles. The van der Waals surface area contributed by atoms with E-state index >= 15 is 0 Å². The van der Waals surface area contributed by atoms with Gasteiger partial charge in [0.2, 0.25) is 0 Å². The number of likely N-dealkylation sites (tertiary alicyclic amines) is 2. The van der Waals surface area contributed by atoms with Crippen LogP contribution in [0.2, 0.25) is 5.02 Å². The van der Waals surface area contributed by atoms with Crippen LogP contribution in [0, 0.1) is 11.8 Å². The number of nitrogens with zero attached hydrogens (tertiary/aromatic N) is 3. The maximum atomic E-state index is 14.0. The first kappa shape index (κ1) is 36.1. The predicted octanol–water partition coefficient (Wildman–Crippen LogP) is 6.24. The van der Waals surface area contributed by atoms with E-state index in [4.69, 9.17) is 16.3 Å². The first-order valence-corrected chi connectivity index (χ1v) is 18.1. The molecule has 0 aliphatic carbocycles. The second-order valence-corrected chi connectivity index (χ2v) is 14.2. The van der Waals surface area contributed by atoms with Crippen LogP contribution in [0.25, 0.3) is 0 Å². The van der Waals surface area contributed by atoms with Gasteiger partial charge in [-0.1, -0.05) is 29.8 Å². The summed E-state index contributed by atoms with van der Waals surface area (Å²) in [6, 6.07) is 9.81. The highest BCUT2D eigenvalue weighted by atomic mass is 35.5. The third-order valence-corrected chi connectivity index (χ3v) is 11.2. The summed E-state index contributed by atoms with van der Waals surface area (Å²) in [5, 5.41) is 8.77. The van der Waals surface area contributed by atoms with Crippen molar-refractivity contribution in [1.82, 2.24) is 20.0 Å². The van der Waals surface area contributed by atoms with E-state index < -0.39 is 29.8 Å². The van der Waals surface area contributed by atoms with E-state index in [-0.39, 0.29) is 34.8 Å². The molecule has 4 heterocycles. The van der Waals surface area contributed by atoms with E-state index in [1.807, 2.05) is 29.2 Å². The fourth-order valence-corrected chi connectivity index (χ4v) is 8.39.